The Kier molecular flexibility index (Phi) is 5.01. The zero-order valence-corrected chi connectivity index (χ0v) is 16.3. The molecule has 2 heterocycles. The minimum atomic E-state index is -0.313. The highest BCUT2D eigenvalue weighted by atomic mass is 16.6. The zero-order valence-electron chi connectivity index (χ0n) is 16.3. The number of aryl methyl sites for hydroxylation is 3. The lowest BCUT2D eigenvalue weighted by atomic mass is 9.99. The van der Waals surface area contributed by atoms with E-state index in [1.807, 2.05) is 6.07 Å². The Morgan fingerprint density at radius 3 is 2.68 bits per heavy atom. The Morgan fingerprint density at radius 1 is 1.04 bits per heavy atom. The number of hydrogen-bond donors (Lipinski definition) is 0. The molecule has 144 valence electrons. The summed E-state index contributed by atoms with van der Waals surface area (Å²) in [6.45, 7) is 7.01. The van der Waals surface area contributed by atoms with Gasteiger partial charge in [0.1, 0.15) is 0 Å². The Hall–Kier alpha value is -2.92. The molecule has 1 aromatic heterocycles. The van der Waals surface area contributed by atoms with Gasteiger partial charge in [-0.25, -0.2) is 0 Å². The fraction of sp³-hybridized carbons (Fsp3) is 0.304. The van der Waals surface area contributed by atoms with Crippen molar-refractivity contribution < 1.29 is 4.92 Å². The molecule has 5 heteroatoms. The minimum absolute atomic E-state index is 0.000917. The zero-order chi connectivity index (χ0) is 19.7. The van der Waals surface area contributed by atoms with Crippen molar-refractivity contribution in [2.75, 3.05) is 6.54 Å². The number of nitro benzene ring substituents is 1. The highest BCUT2D eigenvalue weighted by Crippen LogP contribution is 2.34. The average molecular weight is 375 g/mol. The molecule has 1 atom stereocenters. The molecule has 0 radical (unpaired) electrons. The predicted octanol–water partition coefficient (Wildman–Crippen LogP) is 5.01. The van der Waals surface area contributed by atoms with Crippen molar-refractivity contribution in [2.24, 2.45) is 0 Å². The summed E-state index contributed by atoms with van der Waals surface area (Å²) < 4.78 is 2.28. The summed E-state index contributed by atoms with van der Waals surface area (Å²) in [6, 6.07) is 17.9. The van der Waals surface area contributed by atoms with Crippen LogP contribution < -0.4 is 0 Å². The van der Waals surface area contributed by atoms with Crippen LogP contribution in [0.4, 0.5) is 5.69 Å². The van der Waals surface area contributed by atoms with Gasteiger partial charge in [0.25, 0.3) is 5.69 Å². The molecule has 5 nitrogen and oxygen atoms in total. The van der Waals surface area contributed by atoms with E-state index >= 15 is 0 Å². The van der Waals surface area contributed by atoms with E-state index in [0.29, 0.717) is 0 Å². The van der Waals surface area contributed by atoms with Crippen LogP contribution in [0.25, 0.3) is 0 Å². The van der Waals surface area contributed by atoms with Crippen molar-refractivity contribution in [1.29, 1.82) is 0 Å². The Morgan fingerprint density at radius 2 is 1.89 bits per heavy atom. The number of nitrogens with zero attached hydrogens (tertiary/aromatic N) is 3. The molecule has 4 rings (SSSR count). The van der Waals surface area contributed by atoms with E-state index in [9.17, 15) is 10.1 Å². The van der Waals surface area contributed by atoms with Gasteiger partial charge in [0, 0.05) is 43.7 Å². The van der Waals surface area contributed by atoms with Crippen LogP contribution in [-0.4, -0.2) is 20.9 Å². The van der Waals surface area contributed by atoms with Crippen LogP contribution >= 0.6 is 0 Å². The summed E-state index contributed by atoms with van der Waals surface area (Å²) in [7, 11) is 0. The average Bonchev–Trinajstić information content (AvgIpc) is 3.06. The topological polar surface area (TPSA) is 51.3 Å². The van der Waals surface area contributed by atoms with Crippen molar-refractivity contribution in [3.8, 4) is 0 Å². The van der Waals surface area contributed by atoms with E-state index in [4.69, 9.17) is 0 Å². The standard InChI is InChI=1S/C23H25N3O2/c1-17-9-10-19(14-18(17)2)16-25-13-5-12-24-11-4-8-22(24)23(25)20-6-3-7-21(15-20)26(27)28/h3-4,6-11,14-15,23H,5,12-13,16H2,1-2H3/t23-/m0/s1. The second kappa shape index (κ2) is 7.60. The third-order valence-electron chi connectivity index (χ3n) is 5.71. The van der Waals surface area contributed by atoms with Crippen molar-refractivity contribution in [1.82, 2.24) is 9.47 Å². The first-order valence-electron chi connectivity index (χ1n) is 9.72. The molecule has 28 heavy (non-hydrogen) atoms. The minimum Gasteiger partial charge on any atom is -0.350 e. The maximum atomic E-state index is 11.3. The van der Waals surface area contributed by atoms with E-state index in [2.05, 4.69) is 59.8 Å². The van der Waals surface area contributed by atoms with Crippen LogP contribution in [-0.2, 0) is 13.1 Å². The number of aromatic nitrogens is 1. The van der Waals surface area contributed by atoms with E-state index in [0.717, 1.165) is 31.6 Å². The molecule has 1 aliphatic heterocycles. The third kappa shape index (κ3) is 3.58. The molecular formula is C23H25N3O2. The van der Waals surface area contributed by atoms with Gasteiger partial charge in [-0.1, -0.05) is 30.3 Å². The Labute approximate surface area is 165 Å². The fourth-order valence-electron chi connectivity index (χ4n) is 4.14. The lowest BCUT2D eigenvalue weighted by Crippen LogP contribution is -2.29. The normalized spacial score (nSPS) is 17.1. The largest absolute Gasteiger partial charge is 0.350 e. The summed E-state index contributed by atoms with van der Waals surface area (Å²) >= 11 is 0. The molecule has 2 aromatic carbocycles. The van der Waals surface area contributed by atoms with E-state index in [1.54, 1.807) is 18.2 Å². The van der Waals surface area contributed by atoms with Crippen LogP contribution in [0.5, 0.6) is 0 Å². The van der Waals surface area contributed by atoms with Crippen molar-refractivity contribution in [3.63, 3.8) is 0 Å². The van der Waals surface area contributed by atoms with E-state index in [-0.39, 0.29) is 16.7 Å². The van der Waals surface area contributed by atoms with Gasteiger partial charge in [0.15, 0.2) is 0 Å². The highest BCUT2D eigenvalue weighted by molar-refractivity contribution is 5.39. The SMILES string of the molecule is Cc1ccc(CN2CCCn3cccc3[C@@H]2c2cccc([N+](=O)[O-])c2)cc1C. The fourth-order valence-corrected chi connectivity index (χ4v) is 4.14. The molecular weight excluding hydrogens is 350 g/mol. The second-order valence-electron chi connectivity index (χ2n) is 7.62. The molecule has 1 aliphatic rings. The van der Waals surface area contributed by atoms with Crippen molar-refractivity contribution >= 4 is 5.69 Å². The van der Waals surface area contributed by atoms with Crippen molar-refractivity contribution in [2.45, 2.75) is 39.4 Å². The third-order valence-corrected chi connectivity index (χ3v) is 5.71. The lowest BCUT2D eigenvalue weighted by Gasteiger charge is -2.30. The Bertz CT molecular complexity index is 1010. The van der Waals surface area contributed by atoms with Crippen LogP contribution in [0.3, 0.4) is 0 Å². The number of benzene rings is 2. The van der Waals surface area contributed by atoms with Gasteiger partial charge in [-0.2, -0.15) is 0 Å². The van der Waals surface area contributed by atoms with Crippen LogP contribution in [0, 0.1) is 24.0 Å². The number of fused-ring (bicyclic) bond motifs is 1. The maximum absolute atomic E-state index is 11.3. The molecule has 0 saturated carbocycles. The van der Waals surface area contributed by atoms with E-state index in [1.165, 1.54) is 22.4 Å². The first-order chi connectivity index (χ1) is 13.5. The second-order valence-corrected chi connectivity index (χ2v) is 7.62. The molecule has 0 N–H and O–H groups in total. The first kappa shape index (κ1) is 18.4. The number of rotatable bonds is 4. The smallest absolute Gasteiger partial charge is 0.269 e. The van der Waals surface area contributed by atoms with Gasteiger partial charge in [-0.15, -0.1) is 0 Å². The van der Waals surface area contributed by atoms with Crippen molar-refractivity contribution in [3.05, 3.63) is 98.9 Å². The molecule has 0 saturated heterocycles. The lowest BCUT2D eigenvalue weighted by molar-refractivity contribution is -0.384. The molecule has 0 spiro atoms. The monoisotopic (exact) mass is 375 g/mol. The summed E-state index contributed by atoms with van der Waals surface area (Å²) in [4.78, 5) is 13.5. The molecule has 3 aromatic rings. The quantitative estimate of drug-likeness (QED) is 0.476. The molecule has 0 amide bonds. The van der Waals surface area contributed by atoms with Gasteiger partial charge in [0.2, 0.25) is 0 Å². The summed E-state index contributed by atoms with van der Waals surface area (Å²) in [5, 5.41) is 11.3. The summed E-state index contributed by atoms with van der Waals surface area (Å²) in [5.41, 5.74) is 6.18. The molecule has 0 fully saturated rings. The highest BCUT2D eigenvalue weighted by Gasteiger charge is 2.28. The van der Waals surface area contributed by atoms with Crippen LogP contribution in [0.2, 0.25) is 0 Å². The van der Waals surface area contributed by atoms with Crippen LogP contribution in [0.15, 0.2) is 60.8 Å². The first-order valence-corrected chi connectivity index (χ1v) is 9.72. The summed E-state index contributed by atoms with van der Waals surface area (Å²) in [5.74, 6) is 0. The number of non-ortho nitro benzene ring substituents is 1. The predicted molar refractivity (Wildman–Crippen MR) is 110 cm³/mol. The molecule has 0 aliphatic carbocycles. The van der Waals surface area contributed by atoms with Crippen LogP contribution in [0.1, 0.15) is 40.4 Å². The Balaban J connectivity index is 1.76. The van der Waals surface area contributed by atoms with Gasteiger partial charge in [0.05, 0.1) is 11.0 Å². The van der Waals surface area contributed by atoms with Gasteiger partial charge in [-0.05, 0) is 54.7 Å². The van der Waals surface area contributed by atoms with Gasteiger partial charge >= 0.3 is 0 Å². The summed E-state index contributed by atoms with van der Waals surface area (Å²) in [6.07, 6.45) is 3.16. The van der Waals surface area contributed by atoms with Gasteiger partial charge in [-0.3, -0.25) is 15.0 Å². The maximum Gasteiger partial charge on any atom is 0.269 e. The number of hydrogen-bond acceptors (Lipinski definition) is 3. The van der Waals surface area contributed by atoms with E-state index < -0.39 is 0 Å². The number of nitro groups is 1. The molecule has 0 unspecified atom stereocenters. The van der Waals surface area contributed by atoms with Gasteiger partial charge < -0.3 is 4.57 Å². The molecule has 0 bridgehead atoms.